The maximum Gasteiger partial charge on any atom is 0.134 e. The topological polar surface area (TPSA) is 59.0 Å². The number of aliphatic hydroxyl groups excluding tert-OH is 1. The average Bonchev–Trinajstić information content (AvgIpc) is 3.35. The summed E-state index contributed by atoms with van der Waals surface area (Å²) in [6.07, 6.45) is 3.96. The predicted molar refractivity (Wildman–Crippen MR) is 94.5 cm³/mol. The van der Waals surface area contributed by atoms with Crippen molar-refractivity contribution in [3.63, 3.8) is 0 Å². The molecule has 2 unspecified atom stereocenters. The summed E-state index contributed by atoms with van der Waals surface area (Å²) < 4.78 is 16.6. The molecule has 0 saturated carbocycles. The largest absolute Gasteiger partial charge is 0.497 e. The highest BCUT2D eigenvalue weighted by Gasteiger charge is 2.28. The fourth-order valence-corrected chi connectivity index (χ4v) is 3.71. The number of fused-ring (bicyclic) bond motifs is 1. The van der Waals surface area contributed by atoms with Crippen LogP contribution in [-0.2, 0) is 6.54 Å². The number of ether oxygens (including phenoxy) is 1. The van der Waals surface area contributed by atoms with Gasteiger partial charge in [-0.3, -0.25) is 4.90 Å². The second kappa shape index (κ2) is 6.94. The number of benzene rings is 1. The molecule has 5 heteroatoms. The van der Waals surface area contributed by atoms with Gasteiger partial charge in [-0.2, -0.15) is 0 Å². The van der Waals surface area contributed by atoms with E-state index in [1.54, 1.807) is 13.4 Å². The quantitative estimate of drug-likeness (QED) is 0.731. The lowest BCUT2D eigenvalue weighted by Crippen LogP contribution is -2.30. The lowest BCUT2D eigenvalue weighted by atomic mass is 10.1. The molecule has 0 bridgehead atoms. The lowest BCUT2D eigenvalue weighted by molar-refractivity contribution is 0.0973. The fraction of sp³-hybridized carbons (Fsp3) is 0.400. The Morgan fingerprint density at radius 2 is 2.24 bits per heavy atom. The Balaban J connectivity index is 1.45. The Hall–Kier alpha value is -2.24. The standard InChI is InChI=1S/C20H23NO4/c1-23-16-6-7-19-14(10-16)11-17(25-19)13-21-8-2-4-15(21)12-18(22)20-5-3-9-24-20/h3,5-7,9-11,15,18,22H,2,4,8,12-13H2,1H3. The Bertz CT molecular complexity index is 823. The van der Waals surface area contributed by atoms with Crippen LogP contribution in [0.2, 0.25) is 0 Å². The molecule has 25 heavy (non-hydrogen) atoms. The van der Waals surface area contributed by atoms with Crippen molar-refractivity contribution in [2.24, 2.45) is 0 Å². The van der Waals surface area contributed by atoms with Gasteiger partial charge < -0.3 is 18.7 Å². The second-order valence-corrected chi connectivity index (χ2v) is 6.65. The van der Waals surface area contributed by atoms with Crippen molar-refractivity contribution < 1.29 is 18.7 Å². The summed E-state index contributed by atoms with van der Waals surface area (Å²) in [6.45, 7) is 1.78. The first-order chi connectivity index (χ1) is 12.2. The zero-order valence-electron chi connectivity index (χ0n) is 14.4. The van der Waals surface area contributed by atoms with Crippen LogP contribution in [0.15, 0.2) is 51.5 Å². The molecule has 5 nitrogen and oxygen atoms in total. The molecule has 0 aliphatic carbocycles. The number of likely N-dealkylation sites (tertiary alicyclic amines) is 1. The molecule has 2 aromatic heterocycles. The van der Waals surface area contributed by atoms with Gasteiger partial charge in [-0.25, -0.2) is 0 Å². The molecule has 3 heterocycles. The van der Waals surface area contributed by atoms with E-state index in [1.807, 2.05) is 30.3 Å². The van der Waals surface area contributed by atoms with Crippen LogP contribution < -0.4 is 4.74 Å². The van der Waals surface area contributed by atoms with Crippen molar-refractivity contribution in [1.29, 1.82) is 0 Å². The maximum atomic E-state index is 10.4. The van der Waals surface area contributed by atoms with Crippen LogP contribution in [-0.4, -0.2) is 29.7 Å². The summed E-state index contributed by atoms with van der Waals surface area (Å²) in [7, 11) is 1.67. The van der Waals surface area contributed by atoms with E-state index in [0.29, 0.717) is 18.2 Å². The molecule has 1 N–H and O–H groups in total. The van der Waals surface area contributed by atoms with Gasteiger partial charge in [0.25, 0.3) is 0 Å². The minimum Gasteiger partial charge on any atom is -0.497 e. The fourth-order valence-electron chi connectivity index (χ4n) is 3.71. The molecule has 2 atom stereocenters. The number of rotatable bonds is 6. The van der Waals surface area contributed by atoms with Crippen LogP contribution in [0.3, 0.4) is 0 Å². The van der Waals surface area contributed by atoms with Crippen molar-refractivity contribution >= 4 is 11.0 Å². The molecule has 1 aromatic carbocycles. The van der Waals surface area contributed by atoms with Crippen LogP contribution in [0.5, 0.6) is 5.75 Å². The molecule has 132 valence electrons. The van der Waals surface area contributed by atoms with Gasteiger partial charge in [-0.15, -0.1) is 0 Å². The monoisotopic (exact) mass is 341 g/mol. The predicted octanol–water partition coefficient (Wildman–Crippen LogP) is 4.12. The molecule has 1 saturated heterocycles. The third kappa shape index (κ3) is 3.43. The summed E-state index contributed by atoms with van der Waals surface area (Å²) in [5.41, 5.74) is 0.877. The summed E-state index contributed by atoms with van der Waals surface area (Å²) in [5, 5.41) is 11.4. The average molecular weight is 341 g/mol. The van der Waals surface area contributed by atoms with Gasteiger partial charge >= 0.3 is 0 Å². The Labute approximate surface area is 146 Å². The number of nitrogens with zero attached hydrogens (tertiary/aromatic N) is 1. The van der Waals surface area contributed by atoms with E-state index in [2.05, 4.69) is 11.0 Å². The summed E-state index contributed by atoms with van der Waals surface area (Å²) in [4.78, 5) is 2.39. The Morgan fingerprint density at radius 1 is 1.32 bits per heavy atom. The normalized spacial score (nSPS) is 19.5. The van der Waals surface area contributed by atoms with Gasteiger partial charge in [0.15, 0.2) is 0 Å². The first-order valence-electron chi connectivity index (χ1n) is 8.75. The number of furan rings is 2. The summed E-state index contributed by atoms with van der Waals surface area (Å²) in [5.74, 6) is 2.42. The van der Waals surface area contributed by atoms with Gasteiger partial charge in [0, 0.05) is 11.4 Å². The molecule has 3 aromatic rings. The molecule has 1 fully saturated rings. The molecule has 0 radical (unpaired) electrons. The molecular weight excluding hydrogens is 318 g/mol. The van der Waals surface area contributed by atoms with Gasteiger partial charge in [-0.1, -0.05) is 0 Å². The minimum atomic E-state index is -0.555. The van der Waals surface area contributed by atoms with Gasteiger partial charge in [0.2, 0.25) is 0 Å². The van der Waals surface area contributed by atoms with Gasteiger partial charge in [-0.05, 0) is 62.2 Å². The third-order valence-corrected chi connectivity index (χ3v) is 5.00. The Kier molecular flexibility index (Phi) is 4.51. The van der Waals surface area contributed by atoms with E-state index in [-0.39, 0.29) is 0 Å². The van der Waals surface area contributed by atoms with Gasteiger partial charge in [0.1, 0.15) is 29.0 Å². The second-order valence-electron chi connectivity index (χ2n) is 6.65. The molecule has 1 aliphatic heterocycles. The van der Waals surface area contributed by atoms with E-state index < -0.39 is 6.10 Å². The number of hydrogen-bond donors (Lipinski definition) is 1. The molecule has 4 rings (SSSR count). The maximum absolute atomic E-state index is 10.4. The Morgan fingerprint density at radius 3 is 3.04 bits per heavy atom. The summed E-state index contributed by atoms with van der Waals surface area (Å²) >= 11 is 0. The van der Waals surface area contributed by atoms with Gasteiger partial charge in [0.05, 0.1) is 19.9 Å². The van der Waals surface area contributed by atoms with Crippen molar-refractivity contribution in [3.8, 4) is 5.75 Å². The first-order valence-corrected chi connectivity index (χ1v) is 8.75. The SMILES string of the molecule is COc1ccc2oc(CN3CCCC3CC(O)c3ccco3)cc2c1. The van der Waals surface area contributed by atoms with E-state index in [1.165, 1.54) is 0 Å². The molecule has 0 spiro atoms. The number of aliphatic hydroxyl groups is 1. The third-order valence-electron chi connectivity index (χ3n) is 5.00. The molecule has 1 aliphatic rings. The van der Waals surface area contributed by atoms with Crippen LogP contribution in [0.4, 0.5) is 0 Å². The zero-order chi connectivity index (χ0) is 17.2. The highest BCUT2D eigenvalue weighted by molar-refractivity contribution is 5.79. The van der Waals surface area contributed by atoms with Crippen LogP contribution in [0.1, 0.15) is 36.9 Å². The van der Waals surface area contributed by atoms with Crippen molar-refractivity contribution in [2.45, 2.75) is 38.0 Å². The van der Waals surface area contributed by atoms with Crippen molar-refractivity contribution in [1.82, 2.24) is 4.90 Å². The van der Waals surface area contributed by atoms with E-state index in [4.69, 9.17) is 13.6 Å². The van der Waals surface area contributed by atoms with Crippen LogP contribution in [0.25, 0.3) is 11.0 Å². The summed E-state index contributed by atoms with van der Waals surface area (Å²) in [6, 6.07) is 11.9. The van der Waals surface area contributed by atoms with Crippen molar-refractivity contribution in [3.05, 3.63) is 54.2 Å². The van der Waals surface area contributed by atoms with E-state index in [9.17, 15) is 5.11 Å². The smallest absolute Gasteiger partial charge is 0.134 e. The van der Waals surface area contributed by atoms with Crippen LogP contribution in [0, 0.1) is 0 Å². The van der Waals surface area contributed by atoms with E-state index in [0.717, 1.165) is 48.4 Å². The minimum absolute atomic E-state index is 0.336. The molecule has 0 amide bonds. The zero-order valence-corrected chi connectivity index (χ0v) is 14.4. The number of hydrogen-bond acceptors (Lipinski definition) is 5. The lowest BCUT2D eigenvalue weighted by Gasteiger charge is -2.24. The number of methoxy groups -OCH3 is 1. The van der Waals surface area contributed by atoms with E-state index >= 15 is 0 Å². The van der Waals surface area contributed by atoms with Crippen LogP contribution >= 0.6 is 0 Å². The molecular formula is C20H23NO4. The highest BCUT2D eigenvalue weighted by atomic mass is 16.5. The highest BCUT2D eigenvalue weighted by Crippen LogP contribution is 2.30. The first kappa shape index (κ1) is 16.2. The van der Waals surface area contributed by atoms with Crippen molar-refractivity contribution in [2.75, 3.05) is 13.7 Å².